The van der Waals surface area contributed by atoms with Crippen molar-refractivity contribution in [1.29, 1.82) is 0 Å². The molecular formula is C12H18O4. The Balaban J connectivity index is 2.17. The van der Waals surface area contributed by atoms with Gasteiger partial charge in [-0.2, -0.15) is 0 Å². The fraction of sp³-hybridized carbons (Fsp3) is 0.667. The van der Waals surface area contributed by atoms with Crippen LogP contribution in [0, 0.1) is 0 Å². The summed E-state index contributed by atoms with van der Waals surface area (Å²) in [6.45, 7) is 1.42. The summed E-state index contributed by atoms with van der Waals surface area (Å²) in [5, 5.41) is 0. The first-order valence-electron chi connectivity index (χ1n) is 5.71. The Labute approximate surface area is 95.6 Å². The largest absolute Gasteiger partial charge is 0.460 e. The second-order valence-electron chi connectivity index (χ2n) is 3.86. The second-order valence-corrected chi connectivity index (χ2v) is 3.86. The molecule has 0 heterocycles. The minimum atomic E-state index is -0.511. The van der Waals surface area contributed by atoms with Crippen LogP contribution < -0.4 is 0 Å². The van der Waals surface area contributed by atoms with Gasteiger partial charge in [0.05, 0.1) is 0 Å². The molecule has 1 rings (SSSR count). The molecule has 0 atom stereocenters. The van der Waals surface area contributed by atoms with E-state index < -0.39 is 11.9 Å². The van der Waals surface area contributed by atoms with Gasteiger partial charge in [-0.3, -0.25) is 0 Å². The summed E-state index contributed by atoms with van der Waals surface area (Å²) in [5.74, 6) is -0.965. The van der Waals surface area contributed by atoms with E-state index in [1.54, 1.807) is 13.0 Å². The Morgan fingerprint density at radius 1 is 1.25 bits per heavy atom. The second kappa shape index (κ2) is 7.04. The summed E-state index contributed by atoms with van der Waals surface area (Å²) < 4.78 is 9.87. The van der Waals surface area contributed by atoms with Gasteiger partial charge in [0.1, 0.15) is 6.10 Å². The average Bonchev–Trinajstić information content (AvgIpc) is 2.28. The van der Waals surface area contributed by atoms with Crippen molar-refractivity contribution in [3.8, 4) is 0 Å². The molecule has 1 aliphatic rings. The minimum Gasteiger partial charge on any atom is -0.460 e. The Kier molecular flexibility index (Phi) is 5.61. The number of hydrogen-bond acceptors (Lipinski definition) is 4. The standard InChI is InChI=1S/C12H18O4/c1-2-6-11(13)15-9-12(14)16-10-7-4-3-5-8-10/h2,6,10H,3-5,7-9H2,1H3/b6-2-. The predicted octanol–water partition coefficient (Wildman–Crippen LogP) is 1.98. The third-order valence-electron chi connectivity index (χ3n) is 2.49. The van der Waals surface area contributed by atoms with Crippen molar-refractivity contribution in [2.75, 3.05) is 6.61 Å². The minimum absolute atomic E-state index is 0.0154. The first kappa shape index (κ1) is 12.7. The van der Waals surface area contributed by atoms with E-state index in [4.69, 9.17) is 4.74 Å². The van der Waals surface area contributed by atoms with Gasteiger partial charge in [0.2, 0.25) is 0 Å². The van der Waals surface area contributed by atoms with Crippen molar-refractivity contribution >= 4 is 11.9 Å². The molecule has 0 aliphatic heterocycles. The Hall–Kier alpha value is -1.32. The van der Waals surface area contributed by atoms with Gasteiger partial charge in [-0.15, -0.1) is 0 Å². The van der Waals surface area contributed by atoms with Crippen LogP contribution in [0.3, 0.4) is 0 Å². The average molecular weight is 226 g/mol. The zero-order valence-electron chi connectivity index (χ0n) is 9.61. The summed E-state index contributed by atoms with van der Waals surface area (Å²) in [5.41, 5.74) is 0. The summed E-state index contributed by atoms with van der Waals surface area (Å²) in [7, 11) is 0. The van der Waals surface area contributed by atoms with E-state index in [-0.39, 0.29) is 12.7 Å². The first-order chi connectivity index (χ1) is 7.72. The molecule has 0 radical (unpaired) electrons. The van der Waals surface area contributed by atoms with Crippen LogP contribution in [-0.2, 0) is 19.1 Å². The lowest BCUT2D eigenvalue weighted by atomic mass is 9.98. The van der Waals surface area contributed by atoms with Crippen LogP contribution >= 0.6 is 0 Å². The van der Waals surface area contributed by atoms with Gasteiger partial charge in [0.25, 0.3) is 0 Å². The Morgan fingerprint density at radius 2 is 1.94 bits per heavy atom. The first-order valence-corrected chi connectivity index (χ1v) is 5.71. The van der Waals surface area contributed by atoms with E-state index in [9.17, 15) is 9.59 Å². The molecule has 4 nitrogen and oxygen atoms in total. The van der Waals surface area contributed by atoms with E-state index in [2.05, 4.69) is 4.74 Å². The lowest BCUT2D eigenvalue weighted by Gasteiger charge is -2.21. The normalized spacial score (nSPS) is 17.3. The number of carbonyl (C=O) groups excluding carboxylic acids is 2. The van der Waals surface area contributed by atoms with Crippen molar-refractivity contribution in [1.82, 2.24) is 0 Å². The van der Waals surface area contributed by atoms with E-state index >= 15 is 0 Å². The number of hydrogen-bond donors (Lipinski definition) is 0. The molecule has 16 heavy (non-hydrogen) atoms. The highest BCUT2D eigenvalue weighted by molar-refractivity contribution is 5.84. The summed E-state index contributed by atoms with van der Waals surface area (Å²) in [4.78, 5) is 22.2. The van der Waals surface area contributed by atoms with Crippen molar-refractivity contribution in [3.05, 3.63) is 12.2 Å². The van der Waals surface area contributed by atoms with Crippen LogP contribution in [0.2, 0.25) is 0 Å². The number of allylic oxidation sites excluding steroid dienone is 1. The summed E-state index contributed by atoms with van der Waals surface area (Å²) in [6.07, 6.45) is 8.13. The smallest absolute Gasteiger partial charge is 0.344 e. The fourth-order valence-corrected chi connectivity index (χ4v) is 1.72. The molecule has 1 fully saturated rings. The van der Waals surface area contributed by atoms with E-state index in [0.717, 1.165) is 25.7 Å². The van der Waals surface area contributed by atoms with Crippen LogP contribution in [0.1, 0.15) is 39.0 Å². The van der Waals surface area contributed by atoms with Gasteiger partial charge < -0.3 is 9.47 Å². The van der Waals surface area contributed by atoms with Crippen molar-refractivity contribution in [2.24, 2.45) is 0 Å². The summed E-state index contributed by atoms with van der Waals surface area (Å²) in [6, 6.07) is 0. The molecular weight excluding hydrogens is 208 g/mol. The molecule has 0 aromatic rings. The molecule has 4 heteroatoms. The van der Waals surface area contributed by atoms with Gasteiger partial charge >= 0.3 is 11.9 Å². The monoisotopic (exact) mass is 226 g/mol. The Bertz CT molecular complexity index is 264. The molecule has 0 aromatic heterocycles. The molecule has 0 spiro atoms. The zero-order valence-corrected chi connectivity index (χ0v) is 9.61. The van der Waals surface area contributed by atoms with E-state index in [0.29, 0.717) is 0 Å². The van der Waals surface area contributed by atoms with Crippen molar-refractivity contribution < 1.29 is 19.1 Å². The molecule has 0 bridgehead atoms. The fourth-order valence-electron chi connectivity index (χ4n) is 1.72. The van der Waals surface area contributed by atoms with Crippen LogP contribution in [0.15, 0.2) is 12.2 Å². The highest BCUT2D eigenvalue weighted by atomic mass is 16.6. The van der Waals surface area contributed by atoms with Gasteiger partial charge in [-0.25, -0.2) is 9.59 Å². The van der Waals surface area contributed by atoms with Gasteiger partial charge in [0, 0.05) is 6.08 Å². The molecule has 0 N–H and O–H groups in total. The highest BCUT2D eigenvalue weighted by Gasteiger charge is 2.18. The van der Waals surface area contributed by atoms with Crippen LogP contribution in [0.25, 0.3) is 0 Å². The molecule has 0 saturated heterocycles. The summed E-state index contributed by atoms with van der Waals surface area (Å²) >= 11 is 0. The third kappa shape index (κ3) is 4.96. The quantitative estimate of drug-likeness (QED) is 0.543. The predicted molar refractivity (Wildman–Crippen MR) is 58.7 cm³/mol. The SMILES string of the molecule is C/C=C\C(=O)OCC(=O)OC1CCCCC1. The molecule has 0 unspecified atom stereocenters. The van der Waals surface area contributed by atoms with E-state index in [1.165, 1.54) is 12.5 Å². The maximum absolute atomic E-state index is 11.3. The number of rotatable bonds is 4. The zero-order chi connectivity index (χ0) is 11.8. The van der Waals surface area contributed by atoms with Gasteiger partial charge in [-0.05, 0) is 32.6 Å². The van der Waals surface area contributed by atoms with E-state index in [1.807, 2.05) is 0 Å². The maximum Gasteiger partial charge on any atom is 0.344 e. The van der Waals surface area contributed by atoms with Crippen LogP contribution in [0.4, 0.5) is 0 Å². The lowest BCUT2D eigenvalue weighted by molar-refractivity contribution is -0.161. The van der Waals surface area contributed by atoms with Crippen LogP contribution in [-0.4, -0.2) is 24.6 Å². The van der Waals surface area contributed by atoms with Crippen molar-refractivity contribution in [2.45, 2.75) is 45.1 Å². The molecule has 1 saturated carbocycles. The molecule has 0 aromatic carbocycles. The molecule has 90 valence electrons. The number of carbonyl (C=O) groups is 2. The maximum atomic E-state index is 11.3. The third-order valence-corrected chi connectivity index (χ3v) is 2.49. The topological polar surface area (TPSA) is 52.6 Å². The van der Waals surface area contributed by atoms with Crippen LogP contribution in [0.5, 0.6) is 0 Å². The lowest BCUT2D eigenvalue weighted by Crippen LogP contribution is -2.24. The Morgan fingerprint density at radius 3 is 2.56 bits per heavy atom. The van der Waals surface area contributed by atoms with Gasteiger partial charge in [-0.1, -0.05) is 12.5 Å². The molecule has 1 aliphatic carbocycles. The molecule has 0 amide bonds. The van der Waals surface area contributed by atoms with Crippen molar-refractivity contribution in [3.63, 3.8) is 0 Å². The van der Waals surface area contributed by atoms with Gasteiger partial charge in [0.15, 0.2) is 6.61 Å². The highest BCUT2D eigenvalue weighted by Crippen LogP contribution is 2.20. The number of esters is 2. The number of ether oxygens (including phenoxy) is 2.